The Balaban J connectivity index is 1.57. The van der Waals surface area contributed by atoms with Gasteiger partial charge in [-0.25, -0.2) is 0 Å². The number of aromatic nitrogens is 2. The van der Waals surface area contributed by atoms with Crippen molar-refractivity contribution >= 4 is 29.2 Å². The summed E-state index contributed by atoms with van der Waals surface area (Å²) in [5, 5.41) is 9.62. The second-order valence-corrected chi connectivity index (χ2v) is 6.59. The molecule has 0 saturated carbocycles. The summed E-state index contributed by atoms with van der Waals surface area (Å²) in [6.45, 7) is 5.06. The van der Waals surface area contributed by atoms with Gasteiger partial charge >= 0.3 is 5.97 Å². The SMILES string of the molecule is Cc1nn(C)c(C)c1NC(=O)[C@@H](C)OC(=O)C[C@@H]1Oc2ccccc2NC1=O. The minimum atomic E-state index is -1.04. The van der Waals surface area contributed by atoms with Gasteiger partial charge in [-0.15, -0.1) is 0 Å². The first-order valence-corrected chi connectivity index (χ1v) is 8.83. The zero-order valence-electron chi connectivity index (χ0n) is 16.1. The molecule has 1 aromatic heterocycles. The zero-order chi connectivity index (χ0) is 20.4. The molecule has 2 aromatic rings. The maximum atomic E-state index is 12.3. The van der Waals surface area contributed by atoms with Crippen LogP contribution in [-0.4, -0.2) is 39.8 Å². The van der Waals surface area contributed by atoms with E-state index in [0.29, 0.717) is 22.8 Å². The van der Waals surface area contributed by atoms with E-state index in [0.717, 1.165) is 5.69 Å². The van der Waals surface area contributed by atoms with E-state index in [1.807, 2.05) is 6.92 Å². The summed E-state index contributed by atoms with van der Waals surface area (Å²) in [6, 6.07) is 6.93. The third kappa shape index (κ3) is 3.98. The van der Waals surface area contributed by atoms with Crippen molar-refractivity contribution in [2.24, 2.45) is 7.05 Å². The monoisotopic (exact) mass is 386 g/mol. The lowest BCUT2D eigenvalue weighted by Crippen LogP contribution is -2.40. The van der Waals surface area contributed by atoms with Gasteiger partial charge in [0.2, 0.25) is 0 Å². The summed E-state index contributed by atoms with van der Waals surface area (Å²) < 4.78 is 12.4. The number of nitrogens with zero attached hydrogens (tertiary/aromatic N) is 2. The lowest BCUT2D eigenvalue weighted by molar-refractivity contribution is -0.155. The average molecular weight is 386 g/mol. The number of benzene rings is 1. The van der Waals surface area contributed by atoms with Crippen LogP contribution in [0, 0.1) is 13.8 Å². The second kappa shape index (κ2) is 7.71. The topological polar surface area (TPSA) is 112 Å². The highest BCUT2D eigenvalue weighted by molar-refractivity contribution is 6.00. The lowest BCUT2D eigenvalue weighted by atomic mass is 10.1. The molecule has 0 aliphatic carbocycles. The summed E-state index contributed by atoms with van der Waals surface area (Å²) in [5.41, 5.74) is 2.59. The van der Waals surface area contributed by atoms with Crippen molar-refractivity contribution in [3.63, 3.8) is 0 Å². The van der Waals surface area contributed by atoms with E-state index in [1.54, 1.807) is 42.9 Å². The molecule has 9 nitrogen and oxygen atoms in total. The second-order valence-electron chi connectivity index (χ2n) is 6.59. The summed E-state index contributed by atoms with van der Waals surface area (Å²) in [6.07, 6.45) is -2.35. The van der Waals surface area contributed by atoms with E-state index in [4.69, 9.17) is 9.47 Å². The molecular weight excluding hydrogens is 364 g/mol. The third-order valence-corrected chi connectivity index (χ3v) is 4.49. The van der Waals surface area contributed by atoms with Crippen LogP contribution in [0.25, 0.3) is 0 Å². The molecule has 0 radical (unpaired) electrons. The number of hydrogen-bond acceptors (Lipinski definition) is 6. The lowest BCUT2D eigenvalue weighted by Gasteiger charge is -2.25. The molecule has 2 heterocycles. The van der Waals surface area contributed by atoms with Gasteiger partial charge in [-0.1, -0.05) is 12.1 Å². The van der Waals surface area contributed by atoms with E-state index in [2.05, 4.69) is 15.7 Å². The Hall–Kier alpha value is -3.36. The molecule has 0 bridgehead atoms. The van der Waals surface area contributed by atoms with Gasteiger partial charge in [0.1, 0.15) is 5.75 Å². The molecule has 0 unspecified atom stereocenters. The largest absolute Gasteiger partial charge is 0.478 e. The summed E-state index contributed by atoms with van der Waals surface area (Å²) >= 11 is 0. The maximum absolute atomic E-state index is 12.3. The molecule has 0 saturated heterocycles. The van der Waals surface area contributed by atoms with Crippen LogP contribution in [0.2, 0.25) is 0 Å². The van der Waals surface area contributed by atoms with Crippen LogP contribution in [-0.2, 0) is 26.2 Å². The van der Waals surface area contributed by atoms with Crippen LogP contribution in [0.3, 0.4) is 0 Å². The number of hydrogen-bond donors (Lipinski definition) is 2. The fourth-order valence-electron chi connectivity index (χ4n) is 2.86. The first kappa shape index (κ1) is 19.4. The predicted molar refractivity (Wildman–Crippen MR) is 101 cm³/mol. The molecule has 2 N–H and O–H groups in total. The number of rotatable bonds is 5. The Kier molecular flexibility index (Phi) is 5.34. The quantitative estimate of drug-likeness (QED) is 0.757. The number of anilines is 2. The van der Waals surface area contributed by atoms with Crippen molar-refractivity contribution < 1.29 is 23.9 Å². The molecule has 28 heavy (non-hydrogen) atoms. The van der Waals surface area contributed by atoms with Crippen LogP contribution < -0.4 is 15.4 Å². The molecule has 1 aliphatic rings. The van der Waals surface area contributed by atoms with Gasteiger partial charge < -0.3 is 20.1 Å². The predicted octanol–water partition coefficient (Wildman–Crippen LogP) is 1.70. The van der Waals surface area contributed by atoms with E-state index in [9.17, 15) is 14.4 Å². The smallest absolute Gasteiger partial charge is 0.310 e. The molecular formula is C19H22N4O5. The van der Waals surface area contributed by atoms with Crippen LogP contribution in [0.1, 0.15) is 24.7 Å². The summed E-state index contributed by atoms with van der Waals surface area (Å²) in [4.78, 5) is 36.6. The van der Waals surface area contributed by atoms with Crippen molar-refractivity contribution in [3.05, 3.63) is 35.7 Å². The van der Waals surface area contributed by atoms with E-state index < -0.39 is 30.0 Å². The number of aryl methyl sites for hydroxylation is 2. The number of carbonyl (C=O) groups excluding carboxylic acids is 3. The van der Waals surface area contributed by atoms with Crippen LogP contribution >= 0.6 is 0 Å². The fourth-order valence-corrected chi connectivity index (χ4v) is 2.86. The summed E-state index contributed by atoms with van der Waals surface area (Å²) in [5.74, 6) is -1.14. The van der Waals surface area contributed by atoms with Crippen molar-refractivity contribution in [2.45, 2.75) is 39.4 Å². The number of esters is 1. The highest BCUT2D eigenvalue weighted by atomic mass is 16.6. The Morgan fingerprint density at radius 1 is 1.36 bits per heavy atom. The van der Waals surface area contributed by atoms with E-state index in [1.165, 1.54) is 6.92 Å². The number of fused-ring (bicyclic) bond motifs is 1. The molecule has 1 aliphatic heterocycles. The van der Waals surface area contributed by atoms with Gasteiger partial charge in [0.05, 0.1) is 29.2 Å². The highest BCUT2D eigenvalue weighted by Gasteiger charge is 2.31. The fraction of sp³-hybridized carbons (Fsp3) is 0.368. The molecule has 2 amide bonds. The van der Waals surface area contributed by atoms with Crippen molar-refractivity contribution in [3.8, 4) is 5.75 Å². The number of amides is 2. The van der Waals surface area contributed by atoms with Crippen LogP contribution in [0.15, 0.2) is 24.3 Å². The molecule has 1 aromatic carbocycles. The third-order valence-electron chi connectivity index (χ3n) is 4.49. The molecule has 9 heteroatoms. The number of carbonyl (C=O) groups is 3. The number of nitrogens with one attached hydrogen (secondary N) is 2. The van der Waals surface area contributed by atoms with Crippen molar-refractivity contribution in [1.29, 1.82) is 0 Å². The van der Waals surface area contributed by atoms with Gasteiger partial charge in [0.25, 0.3) is 11.8 Å². The van der Waals surface area contributed by atoms with Crippen LogP contribution in [0.4, 0.5) is 11.4 Å². The molecule has 3 rings (SSSR count). The van der Waals surface area contributed by atoms with Crippen molar-refractivity contribution in [1.82, 2.24) is 9.78 Å². The van der Waals surface area contributed by atoms with Crippen LogP contribution in [0.5, 0.6) is 5.75 Å². The van der Waals surface area contributed by atoms with Crippen molar-refractivity contribution in [2.75, 3.05) is 10.6 Å². The molecule has 0 spiro atoms. The number of ether oxygens (including phenoxy) is 2. The minimum absolute atomic E-state index is 0.303. The number of para-hydroxylation sites is 2. The van der Waals surface area contributed by atoms with Gasteiger partial charge in [0, 0.05) is 7.05 Å². The summed E-state index contributed by atoms with van der Waals surface area (Å²) in [7, 11) is 1.77. The average Bonchev–Trinajstić information content (AvgIpc) is 2.88. The first-order chi connectivity index (χ1) is 13.3. The molecule has 0 fully saturated rings. The highest BCUT2D eigenvalue weighted by Crippen LogP contribution is 2.29. The molecule has 2 atom stereocenters. The van der Waals surface area contributed by atoms with E-state index >= 15 is 0 Å². The first-order valence-electron chi connectivity index (χ1n) is 8.83. The van der Waals surface area contributed by atoms with Gasteiger partial charge in [-0.05, 0) is 32.9 Å². The van der Waals surface area contributed by atoms with Gasteiger partial charge in [-0.3, -0.25) is 19.1 Å². The van der Waals surface area contributed by atoms with Gasteiger partial charge in [-0.2, -0.15) is 5.10 Å². The molecule has 148 valence electrons. The van der Waals surface area contributed by atoms with Gasteiger partial charge in [0.15, 0.2) is 12.2 Å². The normalized spacial score (nSPS) is 16.4. The Morgan fingerprint density at radius 3 is 2.75 bits per heavy atom. The Morgan fingerprint density at radius 2 is 2.07 bits per heavy atom. The Labute approximate surface area is 162 Å². The van der Waals surface area contributed by atoms with E-state index in [-0.39, 0.29) is 6.42 Å². The Bertz CT molecular complexity index is 936. The standard InChI is InChI=1S/C19H22N4O5/c1-10-17(11(2)23(4)22-10)21-18(25)12(3)27-16(24)9-15-19(26)20-13-7-5-6-8-14(13)28-15/h5-8,12,15H,9H2,1-4H3,(H,20,26)(H,21,25)/t12-,15+/m1/s1. The maximum Gasteiger partial charge on any atom is 0.310 e. The minimum Gasteiger partial charge on any atom is -0.478 e. The zero-order valence-corrected chi connectivity index (χ0v) is 16.1.